The van der Waals surface area contributed by atoms with E-state index in [4.69, 9.17) is 37.9 Å². The summed E-state index contributed by atoms with van der Waals surface area (Å²) < 4.78 is 43.4. The van der Waals surface area contributed by atoms with Crippen LogP contribution in [0.3, 0.4) is 0 Å². The number of methoxy groups -OCH3 is 1. The number of carbonyl (C=O) groups excluding carboxylic acids is 1. The Morgan fingerprint density at radius 3 is 2.29 bits per heavy atom. The number of allylic oxidation sites excluding steroid dienone is 2. The van der Waals surface area contributed by atoms with Gasteiger partial charge in [-0.25, -0.2) is 0 Å². The Morgan fingerprint density at radius 2 is 1.58 bits per heavy atom. The monoisotopic (exact) mass is 444 g/mol. The third kappa shape index (κ3) is 8.76. The van der Waals surface area contributed by atoms with Gasteiger partial charge in [0, 0.05) is 7.11 Å². The first-order chi connectivity index (χ1) is 15.3. The molecule has 2 bridgehead atoms. The molecule has 1 saturated heterocycles. The second-order valence-corrected chi connectivity index (χ2v) is 7.94. The van der Waals surface area contributed by atoms with E-state index in [1.54, 1.807) is 7.11 Å². The van der Waals surface area contributed by atoms with E-state index in [1.165, 1.54) is 0 Å². The van der Waals surface area contributed by atoms with E-state index < -0.39 is 0 Å². The molecule has 3 rings (SSSR count). The summed E-state index contributed by atoms with van der Waals surface area (Å²) in [5, 5.41) is 0. The van der Waals surface area contributed by atoms with Crippen LogP contribution in [0.4, 0.5) is 0 Å². The van der Waals surface area contributed by atoms with Gasteiger partial charge in [-0.3, -0.25) is 4.79 Å². The first-order valence-electron chi connectivity index (χ1n) is 11.2. The smallest absolute Gasteiger partial charge is 0.309 e. The average molecular weight is 445 g/mol. The predicted octanol–water partition coefficient (Wildman–Crippen LogP) is 1.20. The van der Waals surface area contributed by atoms with Crippen LogP contribution in [0, 0.1) is 17.8 Å². The summed E-state index contributed by atoms with van der Waals surface area (Å²) in [5.41, 5.74) is 0. The molecule has 0 N–H and O–H groups in total. The number of carbonyl (C=O) groups is 1. The van der Waals surface area contributed by atoms with E-state index in [1.807, 2.05) is 0 Å². The van der Waals surface area contributed by atoms with Crippen molar-refractivity contribution in [1.29, 1.82) is 0 Å². The Bertz CT molecular complexity index is 533. The van der Waals surface area contributed by atoms with Crippen LogP contribution in [0.15, 0.2) is 12.2 Å². The van der Waals surface area contributed by atoms with Gasteiger partial charge in [0.05, 0.1) is 72.0 Å². The maximum atomic E-state index is 12.1. The van der Waals surface area contributed by atoms with Crippen LogP contribution in [-0.2, 0) is 42.7 Å². The number of fused-ring (bicyclic) bond motifs is 2. The van der Waals surface area contributed by atoms with Gasteiger partial charge in [-0.1, -0.05) is 12.2 Å². The number of ether oxygens (including phenoxy) is 8. The SMILES string of the molecule is COCCOCCOCC1OCC(OCCOCCOC(=O)C2C[C@@H]3C=C[C@H]2C3)CO1. The van der Waals surface area contributed by atoms with Crippen molar-refractivity contribution in [2.45, 2.75) is 25.2 Å². The van der Waals surface area contributed by atoms with Crippen molar-refractivity contribution in [3.63, 3.8) is 0 Å². The second-order valence-electron chi connectivity index (χ2n) is 7.94. The molecule has 1 unspecified atom stereocenters. The molecule has 9 heteroatoms. The molecule has 1 saturated carbocycles. The number of hydrogen-bond acceptors (Lipinski definition) is 9. The minimum absolute atomic E-state index is 0.0353. The summed E-state index contributed by atoms with van der Waals surface area (Å²) in [5.74, 6) is 0.883. The van der Waals surface area contributed by atoms with Gasteiger partial charge < -0.3 is 37.9 Å². The normalized spacial score (nSPS) is 29.5. The standard InChI is InChI=1S/C22H36O9/c1-24-4-5-25-6-7-27-16-21-30-14-19(15-31-21)28-10-8-26-9-11-29-22(23)20-13-17-2-3-18(20)12-17/h2-3,17-21H,4-16H2,1H3/t17-,18+,19?,20?,21?/m1/s1. The lowest BCUT2D eigenvalue weighted by Gasteiger charge is -2.29. The van der Waals surface area contributed by atoms with Crippen molar-refractivity contribution in [2.75, 3.05) is 79.8 Å². The molecule has 3 atom stereocenters. The van der Waals surface area contributed by atoms with Gasteiger partial charge in [0.1, 0.15) is 12.7 Å². The molecule has 1 heterocycles. The van der Waals surface area contributed by atoms with Gasteiger partial charge in [0.15, 0.2) is 6.29 Å². The molecule has 0 aromatic heterocycles. The predicted molar refractivity (Wildman–Crippen MR) is 110 cm³/mol. The van der Waals surface area contributed by atoms with Gasteiger partial charge in [-0.2, -0.15) is 0 Å². The molecule has 0 aromatic carbocycles. The lowest BCUT2D eigenvalue weighted by molar-refractivity contribution is -0.244. The fourth-order valence-electron chi connectivity index (χ4n) is 4.00. The lowest BCUT2D eigenvalue weighted by Crippen LogP contribution is -2.40. The maximum absolute atomic E-state index is 12.1. The maximum Gasteiger partial charge on any atom is 0.309 e. The van der Waals surface area contributed by atoms with Crippen LogP contribution >= 0.6 is 0 Å². The zero-order valence-electron chi connectivity index (χ0n) is 18.4. The van der Waals surface area contributed by atoms with E-state index in [9.17, 15) is 4.79 Å². The zero-order chi connectivity index (χ0) is 21.7. The van der Waals surface area contributed by atoms with Crippen LogP contribution in [-0.4, -0.2) is 98.1 Å². The molecule has 1 aliphatic heterocycles. The average Bonchev–Trinajstić information content (AvgIpc) is 3.42. The van der Waals surface area contributed by atoms with Crippen molar-refractivity contribution in [1.82, 2.24) is 0 Å². The Labute approximate surface area is 184 Å². The molecular formula is C22H36O9. The molecule has 31 heavy (non-hydrogen) atoms. The first kappa shape index (κ1) is 24.6. The summed E-state index contributed by atoms with van der Waals surface area (Å²) in [6, 6.07) is 0. The lowest BCUT2D eigenvalue weighted by atomic mass is 9.94. The second kappa shape index (κ2) is 14.2. The minimum atomic E-state index is -0.379. The number of hydrogen-bond donors (Lipinski definition) is 0. The summed E-state index contributed by atoms with van der Waals surface area (Å²) in [7, 11) is 1.64. The first-order valence-corrected chi connectivity index (χ1v) is 11.2. The van der Waals surface area contributed by atoms with Crippen molar-refractivity contribution in [3.8, 4) is 0 Å². The summed E-state index contributed by atoms with van der Waals surface area (Å²) >= 11 is 0. The van der Waals surface area contributed by atoms with E-state index >= 15 is 0 Å². The molecule has 178 valence electrons. The van der Waals surface area contributed by atoms with Crippen LogP contribution < -0.4 is 0 Å². The Hall–Kier alpha value is -1.07. The van der Waals surface area contributed by atoms with Gasteiger partial charge in [-0.15, -0.1) is 0 Å². The van der Waals surface area contributed by atoms with Crippen LogP contribution in [0.5, 0.6) is 0 Å². The largest absolute Gasteiger partial charge is 0.463 e. The molecule has 2 fully saturated rings. The van der Waals surface area contributed by atoms with E-state index in [0.29, 0.717) is 77.9 Å². The van der Waals surface area contributed by atoms with Crippen LogP contribution in [0.2, 0.25) is 0 Å². The van der Waals surface area contributed by atoms with Crippen molar-refractivity contribution in [2.24, 2.45) is 17.8 Å². The molecule has 0 radical (unpaired) electrons. The molecular weight excluding hydrogens is 408 g/mol. The Kier molecular flexibility index (Phi) is 11.2. The van der Waals surface area contributed by atoms with Gasteiger partial charge >= 0.3 is 5.97 Å². The molecule has 9 nitrogen and oxygen atoms in total. The summed E-state index contributed by atoms with van der Waals surface area (Å²) in [6.07, 6.45) is 5.89. The van der Waals surface area contributed by atoms with E-state index in [0.717, 1.165) is 12.8 Å². The van der Waals surface area contributed by atoms with Crippen molar-refractivity contribution >= 4 is 5.97 Å². The Balaban J connectivity index is 1.09. The van der Waals surface area contributed by atoms with Gasteiger partial charge in [-0.05, 0) is 24.7 Å². The molecule has 0 aromatic rings. The fourth-order valence-corrected chi connectivity index (χ4v) is 4.00. The molecule has 0 amide bonds. The number of esters is 1. The van der Waals surface area contributed by atoms with E-state index in [2.05, 4.69) is 12.2 Å². The third-order valence-corrected chi connectivity index (χ3v) is 5.63. The quantitative estimate of drug-likeness (QED) is 0.198. The third-order valence-electron chi connectivity index (χ3n) is 5.63. The van der Waals surface area contributed by atoms with Crippen molar-refractivity contribution in [3.05, 3.63) is 12.2 Å². The van der Waals surface area contributed by atoms with Crippen molar-refractivity contribution < 1.29 is 42.7 Å². The highest BCUT2D eigenvalue weighted by Gasteiger charge is 2.40. The van der Waals surface area contributed by atoms with Gasteiger partial charge in [0.25, 0.3) is 0 Å². The number of rotatable bonds is 16. The van der Waals surface area contributed by atoms with Crippen LogP contribution in [0.25, 0.3) is 0 Å². The van der Waals surface area contributed by atoms with Crippen LogP contribution in [0.1, 0.15) is 12.8 Å². The zero-order valence-corrected chi connectivity index (χ0v) is 18.4. The summed E-state index contributed by atoms with van der Waals surface area (Å²) in [4.78, 5) is 12.1. The molecule has 3 aliphatic rings. The minimum Gasteiger partial charge on any atom is -0.463 e. The fraction of sp³-hybridized carbons (Fsp3) is 0.864. The Morgan fingerprint density at radius 1 is 0.871 bits per heavy atom. The molecule has 0 spiro atoms. The van der Waals surface area contributed by atoms with E-state index in [-0.39, 0.29) is 30.9 Å². The highest BCUT2D eigenvalue weighted by atomic mass is 16.7. The van der Waals surface area contributed by atoms with Gasteiger partial charge in [0.2, 0.25) is 0 Å². The highest BCUT2D eigenvalue weighted by molar-refractivity contribution is 5.74. The highest BCUT2D eigenvalue weighted by Crippen LogP contribution is 2.43. The topological polar surface area (TPSA) is 90.9 Å². The summed E-state index contributed by atoms with van der Waals surface area (Å²) in [6.45, 7) is 4.92. The molecule has 2 aliphatic carbocycles.